The zero-order chi connectivity index (χ0) is 21.5. The Morgan fingerprint density at radius 1 is 0.469 bits per heavy atom. The van der Waals surface area contributed by atoms with Crippen molar-refractivity contribution in [2.75, 3.05) is 0 Å². The zero-order valence-electron chi connectivity index (χ0n) is 17.6. The average Bonchev–Trinajstić information content (AvgIpc) is 3.23. The molecule has 0 radical (unpaired) electrons. The molecular formula is C31H21F. The first kappa shape index (κ1) is 18.8. The van der Waals surface area contributed by atoms with Crippen LogP contribution in [0.25, 0.3) is 44.5 Å². The van der Waals surface area contributed by atoms with Gasteiger partial charge in [0.05, 0.1) is 0 Å². The topological polar surface area (TPSA) is 0 Å². The van der Waals surface area contributed by atoms with Crippen molar-refractivity contribution >= 4 is 0 Å². The Morgan fingerprint density at radius 2 is 1.06 bits per heavy atom. The fourth-order valence-electron chi connectivity index (χ4n) is 4.96. The first-order chi connectivity index (χ1) is 15.8. The molecule has 1 heteroatoms. The lowest BCUT2D eigenvalue weighted by Gasteiger charge is -2.21. The lowest BCUT2D eigenvalue weighted by molar-refractivity contribution is 0.628. The molecule has 0 saturated heterocycles. The second kappa shape index (κ2) is 7.62. The number of halogens is 1. The van der Waals surface area contributed by atoms with E-state index in [2.05, 4.69) is 84.9 Å². The Bertz CT molecular complexity index is 1420. The van der Waals surface area contributed by atoms with E-state index in [0.29, 0.717) is 0 Å². The minimum atomic E-state index is -0.214. The molecule has 0 N–H and O–H groups in total. The van der Waals surface area contributed by atoms with Crippen molar-refractivity contribution in [1.29, 1.82) is 0 Å². The molecule has 0 aromatic heterocycles. The van der Waals surface area contributed by atoms with Gasteiger partial charge in [0.2, 0.25) is 0 Å². The molecule has 0 heterocycles. The van der Waals surface area contributed by atoms with Crippen LogP contribution in [0.5, 0.6) is 0 Å². The van der Waals surface area contributed by atoms with Crippen LogP contribution >= 0.6 is 0 Å². The summed E-state index contributed by atoms with van der Waals surface area (Å²) in [5, 5.41) is 0. The lowest BCUT2D eigenvalue weighted by Crippen LogP contribution is -1.97. The molecule has 0 fully saturated rings. The third-order valence-corrected chi connectivity index (χ3v) is 6.39. The standard InChI is InChI=1S/C31H21F/c32-25-17-15-23(16-18-25)31-29-19-24-13-7-8-14-26(24)28(29)20-27(21-9-3-1-4-10-21)30(31)22-11-5-2-6-12-22/h1-18,20H,19H2. The van der Waals surface area contributed by atoms with E-state index in [4.69, 9.17) is 0 Å². The zero-order valence-corrected chi connectivity index (χ0v) is 17.6. The Kier molecular flexibility index (Phi) is 4.47. The van der Waals surface area contributed by atoms with Crippen LogP contribution in [0.2, 0.25) is 0 Å². The van der Waals surface area contributed by atoms with E-state index in [1.807, 2.05) is 18.2 Å². The van der Waals surface area contributed by atoms with Crippen LogP contribution in [-0.4, -0.2) is 0 Å². The predicted molar refractivity (Wildman–Crippen MR) is 131 cm³/mol. The average molecular weight is 413 g/mol. The van der Waals surface area contributed by atoms with Gasteiger partial charge in [-0.15, -0.1) is 0 Å². The Hall–Kier alpha value is -3.97. The van der Waals surface area contributed by atoms with Gasteiger partial charge in [0.1, 0.15) is 5.82 Å². The summed E-state index contributed by atoms with van der Waals surface area (Å²) < 4.78 is 13.9. The molecule has 0 atom stereocenters. The van der Waals surface area contributed by atoms with Crippen molar-refractivity contribution in [3.05, 3.63) is 132 Å². The molecule has 0 bridgehead atoms. The van der Waals surface area contributed by atoms with Crippen molar-refractivity contribution in [1.82, 2.24) is 0 Å². The van der Waals surface area contributed by atoms with E-state index in [1.54, 1.807) is 12.1 Å². The summed E-state index contributed by atoms with van der Waals surface area (Å²) in [4.78, 5) is 0. The summed E-state index contributed by atoms with van der Waals surface area (Å²) in [6, 6.07) is 39.1. The van der Waals surface area contributed by atoms with Gasteiger partial charge in [-0.25, -0.2) is 4.39 Å². The highest BCUT2D eigenvalue weighted by Crippen LogP contribution is 2.50. The molecule has 0 nitrogen and oxygen atoms in total. The summed E-state index contributed by atoms with van der Waals surface area (Å²) in [6.07, 6.45) is 0.882. The van der Waals surface area contributed by atoms with Gasteiger partial charge >= 0.3 is 0 Å². The summed E-state index contributed by atoms with van der Waals surface area (Å²) in [5.41, 5.74) is 12.2. The number of rotatable bonds is 3. The van der Waals surface area contributed by atoms with Gasteiger partial charge in [-0.2, -0.15) is 0 Å². The van der Waals surface area contributed by atoms with Gasteiger partial charge in [-0.1, -0.05) is 97.1 Å². The van der Waals surface area contributed by atoms with E-state index in [9.17, 15) is 4.39 Å². The maximum absolute atomic E-state index is 13.9. The SMILES string of the molecule is Fc1ccc(-c2c3c(cc(-c4ccccc4)c2-c2ccccc2)-c2ccccc2C3)cc1. The minimum absolute atomic E-state index is 0.214. The van der Waals surface area contributed by atoms with E-state index < -0.39 is 0 Å². The summed E-state index contributed by atoms with van der Waals surface area (Å²) in [6.45, 7) is 0. The van der Waals surface area contributed by atoms with Crippen LogP contribution in [0.1, 0.15) is 11.1 Å². The summed E-state index contributed by atoms with van der Waals surface area (Å²) in [7, 11) is 0. The van der Waals surface area contributed by atoms with Crippen molar-refractivity contribution < 1.29 is 4.39 Å². The van der Waals surface area contributed by atoms with Crippen molar-refractivity contribution in [2.24, 2.45) is 0 Å². The normalized spacial score (nSPS) is 11.8. The molecule has 0 unspecified atom stereocenters. The van der Waals surface area contributed by atoms with Gasteiger partial charge in [-0.05, 0) is 80.3 Å². The van der Waals surface area contributed by atoms with Crippen molar-refractivity contribution in [3.63, 3.8) is 0 Å². The van der Waals surface area contributed by atoms with Crippen LogP contribution in [0.4, 0.5) is 4.39 Å². The minimum Gasteiger partial charge on any atom is -0.207 e. The maximum atomic E-state index is 13.9. The second-order valence-corrected chi connectivity index (χ2v) is 8.27. The fraction of sp³-hybridized carbons (Fsp3) is 0.0323. The molecule has 6 rings (SSSR count). The Balaban J connectivity index is 1.76. The largest absolute Gasteiger partial charge is 0.207 e. The van der Waals surface area contributed by atoms with Gasteiger partial charge in [0.25, 0.3) is 0 Å². The van der Waals surface area contributed by atoms with Gasteiger partial charge in [0.15, 0.2) is 0 Å². The van der Waals surface area contributed by atoms with Crippen molar-refractivity contribution in [2.45, 2.75) is 6.42 Å². The number of hydrogen-bond acceptors (Lipinski definition) is 0. The molecule has 1 aliphatic carbocycles. The van der Waals surface area contributed by atoms with Crippen LogP contribution < -0.4 is 0 Å². The van der Waals surface area contributed by atoms with Crippen LogP contribution in [-0.2, 0) is 6.42 Å². The molecule has 5 aromatic carbocycles. The highest BCUT2D eigenvalue weighted by Gasteiger charge is 2.27. The quantitative estimate of drug-likeness (QED) is 0.274. The molecule has 0 amide bonds. The van der Waals surface area contributed by atoms with Crippen LogP contribution in [0.15, 0.2) is 115 Å². The van der Waals surface area contributed by atoms with E-state index in [-0.39, 0.29) is 5.82 Å². The third-order valence-electron chi connectivity index (χ3n) is 6.39. The Morgan fingerprint density at radius 3 is 1.78 bits per heavy atom. The van der Waals surface area contributed by atoms with Gasteiger partial charge in [0, 0.05) is 0 Å². The number of benzene rings is 5. The Labute approximate surface area is 187 Å². The molecule has 0 spiro atoms. The first-order valence-corrected chi connectivity index (χ1v) is 10.9. The molecule has 1 aliphatic rings. The highest BCUT2D eigenvalue weighted by atomic mass is 19.1. The maximum Gasteiger partial charge on any atom is 0.123 e. The van der Waals surface area contributed by atoms with Crippen LogP contribution in [0, 0.1) is 5.82 Å². The lowest BCUT2D eigenvalue weighted by atomic mass is 9.82. The smallest absolute Gasteiger partial charge is 0.123 e. The molecule has 152 valence electrons. The fourth-order valence-corrected chi connectivity index (χ4v) is 4.96. The monoisotopic (exact) mass is 412 g/mol. The van der Waals surface area contributed by atoms with Crippen LogP contribution in [0.3, 0.4) is 0 Å². The predicted octanol–water partition coefficient (Wildman–Crippen LogP) is 8.40. The molecular weight excluding hydrogens is 391 g/mol. The molecule has 0 saturated carbocycles. The van der Waals surface area contributed by atoms with E-state index in [1.165, 1.54) is 50.1 Å². The van der Waals surface area contributed by atoms with Gasteiger partial charge < -0.3 is 0 Å². The number of hydrogen-bond donors (Lipinski definition) is 0. The van der Waals surface area contributed by atoms with E-state index in [0.717, 1.165) is 12.0 Å². The third kappa shape index (κ3) is 3.06. The van der Waals surface area contributed by atoms with E-state index >= 15 is 0 Å². The summed E-state index contributed by atoms with van der Waals surface area (Å²) in [5.74, 6) is -0.214. The number of fused-ring (bicyclic) bond motifs is 3. The second-order valence-electron chi connectivity index (χ2n) is 8.27. The molecule has 32 heavy (non-hydrogen) atoms. The highest BCUT2D eigenvalue weighted by molar-refractivity contribution is 6.01. The first-order valence-electron chi connectivity index (χ1n) is 10.9. The summed E-state index contributed by atoms with van der Waals surface area (Å²) >= 11 is 0. The van der Waals surface area contributed by atoms with Gasteiger partial charge in [-0.3, -0.25) is 0 Å². The molecule has 0 aliphatic heterocycles. The van der Waals surface area contributed by atoms with Crippen molar-refractivity contribution in [3.8, 4) is 44.5 Å². The molecule has 5 aromatic rings.